The second kappa shape index (κ2) is 4.90. The highest BCUT2D eigenvalue weighted by Gasteiger charge is 2.07. The minimum atomic E-state index is 0.423. The van der Waals surface area contributed by atoms with E-state index in [1.165, 1.54) is 0 Å². The third kappa shape index (κ3) is 2.39. The molecule has 0 bridgehead atoms. The number of aromatic nitrogens is 3. The fraction of sp³-hybridized carbons (Fsp3) is 0.143. The molecule has 0 fully saturated rings. The molecule has 5 heteroatoms. The predicted molar refractivity (Wildman–Crippen MR) is 74.6 cm³/mol. The van der Waals surface area contributed by atoms with E-state index in [2.05, 4.69) is 10.1 Å². The van der Waals surface area contributed by atoms with Crippen molar-refractivity contribution in [3.05, 3.63) is 48.3 Å². The molecule has 4 nitrogen and oxygen atoms in total. The summed E-state index contributed by atoms with van der Waals surface area (Å²) in [7, 11) is 1.84. The molecule has 0 amide bonds. The van der Waals surface area contributed by atoms with Gasteiger partial charge in [-0.1, -0.05) is 18.2 Å². The monoisotopic (exact) mass is 273 g/mol. The van der Waals surface area contributed by atoms with E-state index in [9.17, 15) is 0 Å². The van der Waals surface area contributed by atoms with Gasteiger partial charge in [-0.05, 0) is 11.6 Å². The highest BCUT2D eigenvalue weighted by molar-refractivity contribution is 6.18. The summed E-state index contributed by atoms with van der Waals surface area (Å²) in [5.74, 6) is 1.61. The Balaban J connectivity index is 2.04. The van der Waals surface area contributed by atoms with Crippen LogP contribution >= 0.6 is 11.6 Å². The molecule has 0 unspecified atom stereocenters. The van der Waals surface area contributed by atoms with E-state index in [1.807, 2.05) is 37.4 Å². The topological polar surface area (TPSA) is 39.9 Å². The molecule has 3 aromatic rings. The highest BCUT2D eigenvalue weighted by atomic mass is 35.5. The van der Waals surface area contributed by atoms with Crippen molar-refractivity contribution in [2.45, 2.75) is 5.88 Å². The number of alkyl halides is 1. The maximum atomic E-state index is 5.99. The Labute approximate surface area is 115 Å². The first-order valence-electron chi connectivity index (χ1n) is 5.87. The molecule has 1 aromatic carbocycles. The van der Waals surface area contributed by atoms with Gasteiger partial charge < -0.3 is 4.74 Å². The number of pyridine rings is 1. The van der Waals surface area contributed by atoms with E-state index in [4.69, 9.17) is 16.3 Å². The SMILES string of the molecule is Cn1cc(Oc2cc(CCl)c3ccccc3n2)cn1. The van der Waals surface area contributed by atoms with Crippen LogP contribution in [0.5, 0.6) is 11.6 Å². The van der Waals surface area contributed by atoms with Crippen molar-refractivity contribution in [3.8, 4) is 11.6 Å². The van der Waals surface area contributed by atoms with Crippen molar-refractivity contribution in [1.82, 2.24) is 14.8 Å². The largest absolute Gasteiger partial charge is 0.436 e. The lowest BCUT2D eigenvalue weighted by Gasteiger charge is -2.07. The number of hydrogen-bond acceptors (Lipinski definition) is 3. The van der Waals surface area contributed by atoms with Gasteiger partial charge in [-0.2, -0.15) is 5.10 Å². The predicted octanol–water partition coefficient (Wildman–Crippen LogP) is 3.50. The summed E-state index contributed by atoms with van der Waals surface area (Å²) in [6.45, 7) is 0. The number of rotatable bonds is 3. The molecule has 0 aliphatic rings. The quantitative estimate of drug-likeness (QED) is 0.686. The minimum Gasteiger partial charge on any atom is -0.436 e. The number of fused-ring (bicyclic) bond motifs is 1. The number of aryl methyl sites for hydroxylation is 1. The molecule has 19 heavy (non-hydrogen) atoms. The summed E-state index contributed by atoms with van der Waals surface area (Å²) in [5.41, 5.74) is 1.88. The van der Waals surface area contributed by atoms with Crippen LogP contribution in [0.2, 0.25) is 0 Å². The lowest BCUT2D eigenvalue weighted by molar-refractivity contribution is 0.464. The van der Waals surface area contributed by atoms with Gasteiger partial charge in [0.2, 0.25) is 5.88 Å². The number of halogens is 1. The number of nitrogens with zero attached hydrogens (tertiary/aromatic N) is 3. The van der Waals surface area contributed by atoms with Crippen molar-refractivity contribution in [2.75, 3.05) is 0 Å². The Bertz CT molecular complexity index is 724. The first-order valence-corrected chi connectivity index (χ1v) is 6.41. The average Bonchev–Trinajstić information content (AvgIpc) is 2.83. The maximum absolute atomic E-state index is 5.99. The number of para-hydroxylation sites is 1. The zero-order valence-electron chi connectivity index (χ0n) is 10.4. The third-order valence-electron chi connectivity index (χ3n) is 2.83. The van der Waals surface area contributed by atoms with Gasteiger partial charge in [0.05, 0.1) is 17.9 Å². The summed E-state index contributed by atoms with van der Waals surface area (Å²) < 4.78 is 7.38. The molecule has 0 N–H and O–H groups in total. The molecule has 0 saturated carbocycles. The minimum absolute atomic E-state index is 0.423. The average molecular weight is 274 g/mol. The standard InChI is InChI=1S/C14H12ClN3O/c1-18-9-11(8-16-18)19-14-6-10(7-15)12-4-2-3-5-13(12)17-14/h2-6,8-9H,7H2,1H3. The van der Waals surface area contributed by atoms with Crippen LogP contribution in [0.15, 0.2) is 42.7 Å². The van der Waals surface area contributed by atoms with Gasteiger partial charge in [0, 0.05) is 24.4 Å². The van der Waals surface area contributed by atoms with E-state index in [0.717, 1.165) is 16.5 Å². The van der Waals surface area contributed by atoms with Gasteiger partial charge in [0.25, 0.3) is 0 Å². The summed E-state index contributed by atoms with van der Waals surface area (Å²) in [5, 5.41) is 5.11. The first kappa shape index (κ1) is 12.0. The van der Waals surface area contributed by atoms with Crippen LogP contribution in [0.4, 0.5) is 0 Å². The Morgan fingerprint density at radius 3 is 2.89 bits per heavy atom. The molecule has 0 aliphatic heterocycles. The summed E-state index contributed by atoms with van der Waals surface area (Å²) in [6.07, 6.45) is 3.44. The van der Waals surface area contributed by atoms with Crippen molar-refractivity contribution >= 4 is 22.5 Å². The van der Waals surface area contributed by atoms with E-state index in [1.54, 1.807) is 17.1 Å². The van der Waals surface area contributed by atoms with Gasteiger partial charge in [-0.3, -0.25) is 4.68 Å². The zero-order chi connectivity index (χ0) is 13.2. The molecule has 0 atom stereocenters. The second-order valence-electron chi connectivity index (χ2n) is 4.22. The van der Waals surface area contributed by atoms with Gasteiger partial charge in [-0.15, -0.1) is 11.6 Å². The molecule has 2 aromatic heterocycles. The summed E-state index contributed by atoms with van der Waals surface area (Å²) >= 11 is 5.99. The summed E-state index contributed by atoms with van der Waals surface area (Å²) in [6, 6.07) is 9.74. The highest BCUT2D eigenvalue weighted by Crippen LogP contribution is 2.26. The van der Waals surface area contributed by atoms with E-state index in [0.29, 0.717) is 17.5 Å². The van der Waals surface area contributed by atoms with Gasteiger partial charge in [0.15, 0.2) is 5.75 Å². The van der Waals surface area contributed by atoms with Gasteiger partial charge in [-0.25, -0.2) is 4.98 Å². The van der Waals surface area contributed by atoms with Crippen molar-refractivity contribution < 1.29 is 4.74 Å². The number of hydrogen-bond donors (Lipinski definition) is 0. The van der Waals surface area contributed by atoms with Crippen LogP contribution in [0.25, 0.3) is 10.9 Å². The molecule has 0 aliphatic carbocycles. The lowest BCUT2D eigenvalue weighted by Crippen LogP contribution is -1.92. The Kier molecular flexibility index (Phi) is 3.09. The Hall–Kier alpha value is -2.07. The third-order valence-corrected chi connectivity index (χ3v) is 3.11. The van der Waals surface area contributed by atoms with Crippen molar-refractivity contribution in [3.63, 3.8) is 0 Å². The Morgan fingerprint density at radius 2 is 2.16 bits per heavy atom. The fourth-order valence-corrected chi connectivity index (χ4v) is 2.18. The maximum Gasteiger partial charge on any atom is 0.220 e. The normalized spacial score (nSPS) is 10.8. The second-order valence-corrected chi connectivity index (χ2v) is 4.49. The van der Waals surface area contributed by atoms with E-state index in [-0.39, 0.29) is 0 Å². The molecule has 0 radical (unpaired) electrons. The van der Waals surface area contributed by atoms with Crippen LogP contribution in [0.1, 0.15) is 5.56 Å². The van der Waals surface area contributed by atoms with Crippen LogP contribution in [0.3, 0.4) is 0 Å². The van der Waals surface area contributed by atoms with Crippen molar-refractivity contribution in [2.24, 2.45) is 7.05 Å². The van der Waals surface area contributed by atoms with Crippen LogP contribution in [-0.4, -0.2) is 14.8 Å². The Morgan fingerprint density at radius 1 is 1.32 bits per heavy atom. The first-order chi connectivity index (χ1) is 9.26. The summed E-state index contributed by atoms with van der Waals surface area (Å²) in [4.78, 5) is 4.47. The molecule has 0 saturated heterocycles. The van der Waals surface area contributed by atoms with Crippen LogP contribution in [-0.2, 0) is 12.9 Å². The number of benzene rings is 1. The number of ether oxygens (including phenoxy) is 1. The molecular weight excluding hydrogens is 262 g/mol. The van der Waals surface area contributed by atoms with Gasteiger partial charge in [0.1, 0.15) is 0 Å². The van der Waals surface area contributed by atoms with Gasteiger partial charge >= 0.3 is 0 Å². The molecule has 2 heterocycles. The smallest absolute Gasteiger partial charge is 0.220 e. The molecule has 0 spiro atoms. The van der Waals surface area contributed by atoms with Crippen LogP contribution in [0, 0.1) is 0 Å². The molecule has 96 valence electrons. The van der Waals surface area contributed by atoms with Crippen molar-refractivity contribution in [1.29, 1.82) is 0 Å². The molecule has 3 rings (SSSR count). The molecular formula is C14H12ClN3O. The lowest BCUT2D eigenvalue weighted by atomic mass is 10.1. The fourth-order valence-electron chi connectivity index (χ4n) is 1.96. The van der Waals surface area contributed by atoms with E-state index >= 15 is 0 Å². The van der Waals surface area contributed by atoms with Crippen LogP contribution < -0.4 is 4.74 Å². The zero-order valence-corrected chi connectivity index (χ0v) is 11.1. The van der Waals surface area contributed by atoms with E-state index < -0.39 is 0 Å².